The Morgan fingerprint density at radius 1 is 1.28 bits per heavy atom. The molecule has 5 rings (SSSR count). The number of rotatable bonds is 4. The highest BCUT2D eigenvalue weighted by Crippen LogP contribution is 2.31. The highest BCUT2D eigenvalue weighted by atomic mass is 19.1. The van der Waals surface area contributed by atoms with Crippen LogP contribution in [0, 0.1) is 12.7 Å². The van der Waals surface area contributed by atoms with Crippen LogP contribution >= 0.6 is 0 Å². The van der Waals surface area contributed by atoms with E-state index in [4.69, 9.17) is 9.15 Å². The Morgan fingerprint density at radius 2 is 2.16 bits per heavy atom. The molecule has 0 spiro atoms. The summed E-state index contributed by atoms with van der Waals surface area (Å²) in [4.78, 5) is 23.3. The predicted molar refractivity (Wildman–Crippen MR) is 114 cm³/mol. The van der Waals surface area contributed by atoms with Gasteiger partial charge in [0.15, 0.2) is 17.9 Å². The highest BCUT2D eigenvalue weighted by molar-refractivity contribution is 5.92. The van der Waals surface area contributed by atoms with Gasteiger partial charge in [-0.1, -0.05) is 0 Å². The van der Waals surface area contributed by atoms with Gasteiger partial charge in [0, 0.05) is 36.3 Å². The molecule has 8 nitrogen and oxygen atoms in total. The number of hydrogen-bond acceptors (Lipinski definition) is 6. The van der Waals surface area contributed by atoms with Crippen molar-refractivity contribution >= 4 is 11.6 Å². The molecule has 4 aromatic rings. The lowest BCUT2D eigenvalue weighted by Gasteiger charge is -2.30. The minimum atomic E-state index is -0.339. The van der Waals surface area contributed by atoms with Crippen molar-refractivity contribution in [3.63, 3.8) is 0 Å². The van der Waals surface area contributed by atoms with Crippen LogP contribution in [-0.2, 0) is 0 Å². The molecule has 9 heteroatoms. The van der Waals surface area contributed by atoms with Crippen LogP contribution in [0.2, 0.25) is 0 Å². The van der Waals surface area contributed by atoms with Crippen LogP contribution in [0.3, 0.4) is 0 Å². The minimum absolute atomic E-state index is 0.0167. The zero-order valence-corrected chi connectivity index (χ0v) is 17.8. The van der Waals surface area contributed by atoms with Gasteiger partial charge >= 0.3 is 0 Å². The lowest BCUT2D eigenvalue weighted by atomic mass is 9.97. The molecule has 164 valence electrons. The molecule has 3 aromatic heterocycles. The second-order valence-corrected chi connectivity index (χ2v) is 7.89. The number of ether oxygens (including phenoxy) is 1. The van der Waals surface area contributed by atoms with E-state index in [1.165, 1.54) is 18.5 Å². The van der Waals surface area contributed by atoms with E-state index in [0.29, 0.717) is 41.6 Å². The lowest BCUT2D eigenvalue weighted by molar-refractivity contribution is 0.0671. The fourth-order valence-corrected chi connectivity index (χ4v) is 4.16. The van der Waals surface area contributed by atoms with E-state index in [1.54, 1.807) is 29.5 Å². The van der Waals surface area contributed by atoms with Crippen molar-refractivity contribution in [1.82, 2.24) is 24.5 Å². The number of oxazole rings is 1. The summed E-state index contributed by atoms with van der Waals surface area (Å²) in [6.07, 6.45) is 4.84. The number of benzene rings is 1. The Balaban J connectivity index is 1.42. The van der Waals surface area contributed by atoms with Crippen LogP contribution in [0.25, 0.3) is 16.8 Å². The third-order valence-corrected chi connectivity index (χ3v) is 5.83. The number of carbonyl (C=O) groups excluding carboxylic acids is 1. The summed E-state index contributed by atoms with van der Waals surface area (Å²) in [7, 11) is 1.55. The SMILES string of the molecule is COc1ccc(F)cc1-c1ccc2nc([C@@H]3CCCN(C(=O)c4ocnc4C)C3)nn2c1. The number of nitrogens with zero attached hydrogens (tertiary/aromatic N) is 5. The van der Waals surface area contributed by atoms with Crippen LogP contribution < -0.4 is 4.74 Å². The Bertz CT molecular complexity index is 1300. The molecule has 1 aliphatic heterocycles. The van der Waals surface area contributed by atoms with Crippen molar-refractivity contribution in [3.8, 4) is 16.9 Å². The van der Waals surface area contributed by atoms with E-state index in [1.807, 2.05) is 18.3 Å². The number of fused-ring (bicyclic) bond motifs is 1. The molecular formula is C23H22FN5O3. The molecule has 1 aromatic carbocycles. The smallest absolute Gasteiger partial charge is 0.291 e. The Morgan fingerprint density at radius 3 is 2.94 bits per heavy atom. The molecule has 1 fully saturated rings. The molecule has 0 radical (unpaired) electrons. The Hall–Kier alpha value is -3.75. The van der Waals surface area contributed by atoms with E-state index in [-0.39, 0.29) is 23.4 Å². The van der Waals surface area contributed by atoms with Gasteiger partial charge in [-0.2, -0.15) is 5.10 Å². The van der Waals surface area contributed by atoms with Gasteiger partial charge in [0.1, 0.15) is 11.6 Å². The number of methoxy groups -OCH3 is 1. The monoisotopic (exact) mass is 435 g/mol. The maximum absolute atomic E-state index is 13.8. The quantitative estimate of drug-likeness (QED) is 0.484. The first-order valence-corrected chi connectivity index (χ1v) is 10.4. The molecule has 0 unspecified atom stereocenters. The molecule has 0 N–H and O–H groups in total. The summed E-state index contributed by atoms with van der Waals surface area (Å²) in [5.41, 5.74) is 2.69. The average Bonchev–Trinajstić information content (AvgIpc) is 3.44. The van der Waals surface area contributed by atoms with E-state index in [9.17, 15) is 9.18 Å². The zero-order valence-electron chi connectivity index (χ0n) is 17.8. The summed E-state index contributed by atoms with van der Waals surface area (Å²) >= 11 is 0. The van der Waals surface area contributed by atoms with Crippen molar-refractivity contribution in [2.75, 3.05) is 20.2 Å². The average molecular weight is 435 g/mol. The normalized spacial score (nSPS) is 16.5. The largest absolute Gasteiger partial charge is 0.496 e. The Kier molecular flexibility index (Phi) is 5.08. The summed E-state index contributed by atoms with van der Waals surface area (Å²) < 4.78 is 26.2. The first kappa shape index (κ1) is 20.2. The highest BCUT2D eigenvalue weighted by Gasteiger charge is 2.30. The van der Waals surface area contributed by atoms with Crippen molar-refractivity contribution < 1.29 is 18.3 Å². The molecule has 0 bridgehead atoms. The van der Waals surface area contributed by atoms with E-state index >= 15 is 0 Å². The number of aromatic nitrogens is 4. The summed E-state index contributed by atoms with van der Waals surface area (Å²) in [6, 6.07) is 8.12. The predicted octanol–water partition coefficient (Wildman–Crippen LogP) is 3.86. The van der Waals surface area contributed by atoms with E-state index in [2.05, 4.69) is 15.1 Å². The summed E-state index contributed by atoms with van der Waals surface area (Å²) in [6.45, 7) is 2.93. The number of piperidine rings is 1. The number of hydrogen-bond donors (Lipinski definition) is 0. The standard InChI is InChI=1S/C23H22FN5O3/c1-14-21(32-13-25-14)23(30)28-9-3-4-16(11-28)22-26-20-8-5-15(12-29(20)27-22)18-10-17(24)6-7-19(18)31-2/h5-8,10,12-13,16H,3-4,9,11H2,1-2H3/t16-/m1/s1. The fraction of sp³-hybridized carbons (Fsp3) is 0.304. The topological polar surface area (TPSA) is 85.8 Å². The molecule has 1 aliphatic rings. The van der Waals surface area contributed by atoms with Gasteiger partial charge in [0.2, 0.25) is 5.76 Å². The van der Waals surface area contributed by atoms with Crippen LogP contribution in [0.15, 0.2) is 47.3 Å². The molecule has 1 amide bonds. The molecule has 0 saturated carbocycles. The molecule has 1 saturated heterocycles. The van der Waals surface area contributed by atoms with Gasteiger partial charge < -0.3 is 14.1 Å². The van der Waals surface area contributed by atoms with Gasteiger partial charge in [0.05, 0.1) is 12.8 Å². The second kappa shape index (κ2) is 8.07. The maximum Gasteiger partial charge on any atom is 0.291 e. The Labute approximate surface area is 183 Å². The minimum Gasteiger partial charge on any atom is -0.496 e. The molecule has 0 aliphatic carbocycles. The van der Waals surface area contributed by atoms with Crippen molar-refractivity contribution in [1.29, 1.82) is 0 Å². The third kappa shape index (κ3) is 3.59. The number of pyridine rings is 1. The van der Waals surface area contributed by atoms with Gasteiger partial charge in [-0.3, -0.25) is 4.79 Å². The van der Waals surface area contributed by atoms with Gasteiger partial charge in [0.25, 0.3) is 5.91 Å². The first-order chi connectivity index (χ1) is 15.5. The second-order valence-electron chi connectivity index (χ2n) is 7.89. The number of carbonyl (C=O) groups is 1. The molecule has 1 atom stereocenters. The molecule has 32 heavy (non-hydrogen) atoms. The summed E-state index contributed by atoms with van der Waals surface area (Å²) in [5, 5.41) is 4.67. The third-order valence-electron chi connectivity index (χ3n) is 5.83. The van der Waals surface area contributed by atoms with Crippen molar-refractivity contribution in [2.45, 2.75) is 25.7 Å². The number of halogens is 1. The number of likely N-dealkylation sites (tertiary alicyclic amines) is 1. The van der Waals surface area contributed by atoms with Crippen LogP contribution in [0.4, 0.5) is 4.39 Å². The fourth-order valence-electron chi connectivity index (χ4n) is 4.16. The van der Waals surface area contributed by atoms with Gasteiger partial charge in [-0.25, -0.2) is 18.9 Å². The number of aryl methyl sites for hydroxylation is 1. The lowest BCUT2D eigenvalue weighted by Crippen LogP contribution is -2.39. The molecular weight excluding hydrogens is 413 g/mol. The maximum atomic E-state index is 13.8. The summed E-state index contributed by atoms with van der Waals surface area (Å²) in [5.74, 6) is 1.06. The zero-order chi connectivity index (χ0) is 22.2. The van der Waals surface area contributed by atoms with Gasteiger partial charge in [-0.05, 0) is 50.1 Å². The van der Waals surface area contributed by atoms with Crippen LogP contribution in [0.1, 0.15) is 40.8 Å². The van der Waals surface area contributed by atoms with Crippen LogP contribution in [-0.4, -0.2) is 50.6 Å². The van der Waals surface area contributed by atoms with E-state index < -0.39 is 0 Å². The van der Waals surface area contributed by atoms with Crippen LogP contribution in [0.5, 0.6) is 5.75 Å². The van der Waals surface area contributed by atoms with Gasteiger partial charge in [-0.15, -0.1) is 0 Å². The first-order valence-electron chi connectivity index (χ1n) is 10.4. The van der Waals surface area contributed by atoms with Crippen molar-refractivity contribution in [2.24, 2.45) is 0 Å². The van der Waals surface area contributed by atoms with E-state index in [0.717, 1.165) is 18.4 Å². The number of amides is 1. The van der Waals surface area contributed by atoms with Crippen molar-refractivity contribution in [3.05, 3.63) is 66.0 Å². The molecule has 4 heterocycles.